The van der Waals surface area contributed by atoms with E-state index in [0.717, 1.165) is 28.9 Å². The molecule has 0 aliphatic carbocycles. The Morgan fingerprint density at radius 3 is 2.41 bits per heavy atom. The number of carbonyl (C=O) groups is 1. The molecule has 0 aliphatic rings. The summed E-state index contributed by atoms with van der Waals surface area (Å²) in [6.07, 6.45) is 0. The van der Waals surface area contributed by atoms with Crippen molar-refractivity contribution in [1.82, 2.24) is 9.88 Å². The van der Waals surface area contributed by atoms with Crippen LogP contribution in [0.1, 0.15) is 46.9 Å². The van der Waals surface area contributed by atoms with Gasteiger partial charge in [0.2, 0.25) is 0 Å². The molecule has 0 saturated heterocycles. The quantitative estimate of drug-likeness (QED) is 0.407. The second kappa shape index (κ2) is 8.83. The van der Waals surface area contributed by atoms with Gasteiger partial charge >= 0.3 is 0 Å². The summed E-state index contributed by atoms with van der Waals surface area (Å²) >= 11 is 0. The van der Waals surface area contributed by atoms with Crippen molar-refractivity contribution in [3.05, 3.63) is 101 Å². The molecule has 4 nitrogen and oxygen atoms in total. The number of nitrogens with zero attached hydrogens (tertiary/aromatic N) is 1. The first-order chi connectivity index (χ1) is 15.3. The predicted octanol–water partition coefficient (Wildman–Crippen LogP) is 5.73. The molecule has 4 rings (SSSR count). The lowest BCUT2D eigenvalue weighted by atomic mass is 10.0. The lowest BCUT2D eigenvalue weighted by Crippen LogP contribution is -2.24. The molecular formula is C26H24F2N2O2. The lowest BCUT2D eigenvalue weighted by molar-refractivity contribution is 0.0951. The highest BCUT2D eigenvalue weighted by atomic mass is 19.2. The summed E-state index contributed by atoms with van der Waals surface area (Å²) in [6.45, 7) is 4.66. The molecule has 1 amide bonds. The van der Waals surface area contributed by atoms with Gasteiger partial charge in [0.05, 0.1) is 5.56 Å². The zero-order valence-corrected chi connectivity index (χ0v) is 17.9. The van der Waals surface area contributed by atoms with Crippen molar-refractivity contribution in [2.75, 3.05) is 0 Å². The van der Waals surface area contributed by atoms with E-state index < -0.39 is 11.6 Å². The molecule has 32 heavy (non-hydrogen) atoms. The molecule has 0 saturated carbocycles. The molecule has 0 spiro atoms. The van der Waals surface area contributed by atoms with Crippen LogP contribution in [0.5, 0.6) is 5.75 Å². The maximum Gasteiger partial charge on any atom is 0.254 e. The van der Waals surface area contributed by atoms with Crippen molar-refractivity contribution < 1.29 is 18.7 Å². The number of nitrogens with one attached hydrogen (secondary N) is 1. The highest BCUT2D eigenvalue weighted by Gasteiger charge is 2.25. The van der Waals surface area contributed by atoms with Gasteiger partial charge in [-0.2, -0.15) is 0 Å². The molecule has 0 unspecified atom stereocenters. The molecule has 2 N–H and O–H groups in total. The molecule has 0 radical (unpaired) electrons. The Labute approximate surface area is 185 Å². The standard InChI is InChI=1S/C26H24F2N2O2/c1-16(2)25-24(26(32)29-14-18-8-10-21(27)22(28)12-18)20-13-19(31)9-11-23(20)30(25)15-17-6-4-3-5-7-17/h3-13,16,31H,14-15H2,1-2H3,(H,29,32). The molecular weight excluding hydrogens is 410 g/mol. The Kier molecular flexibility index (Phi) is 5.95. The fourth-order valence-electron chi connectivity index (χ4n) is 4.06. The Hall–Kier alpha value is -3.67. The highest BCUT2D eigenvalue weighted by Crippen LogP contribution is 2.34. The second-order valence-corrected chi connectivity index (χ2v) is 8.12. The van der Waals surface area contributed by atoms with E-state index in [-0.39, 0.29) is 24.1 Å². The number of hydrogen-bond acceptors (Lipinski definition) is 2. The maximum atomic E-state index is 13.5. The first kappa shape index (κ1) is 21.6. The topological polar surface area (TPSA) is 54.3 Å². The number of rotatable bonds is 6. The third kappa shape index (κ3) is 4.21. The minimum absolute atomic E-state index is 0.0253. The van der Waals surface area contributed by atoms with Crippen LogP contribution in [0.15, 0.2) is 66.7 Å². The van der Waals surface area contributed by atoms with E-state index in [4.69, 9.17) is 0 Å². The molecule has 4 aromatic rings. The molecule has 0 atom stereocenters. The number of phenols is 1. The molecule has 3 aromatic carbocycles. The molecule has 1 aromatic heterocycles. The Balaban J connectivity index is 1.76. The SMILES string of the molecule is CC(C)c1c(C(=O)NCc2ccc(F)c(F)c2)c2cc(O)ccc2n1Cc1ccccc1. The van der Waals surface area contributed by atoms with Crippen molar-refractivity contribution in [1.29, 1.82) is 0 Å². The molecule has 0 fully saturated rings. The number of benzene rings is 3. The van der Waals surface area contributed by atoms with Crippen LogP contribution >= 0.6 is 0 Å². The summed E-state index contributed by atoms with van der Waals surface area (Å²) < 4.78 is 28.8. The Morgan fingerprint density at radius 1 is 0.969 bits per heavy atom. The average Bonchev–Trinajstić information content (AvgIpc) is 3.08. The third-order valence-electron chi connectivity index (χ3n) is 5.48. The number of aromatic nitrogens is 1. The number of carbonyl (C=O) groups excluding carboxylic acids is 1. The Morgan fingerprint density at radius 2 is 1.72 bits per heavy atom. The van der Waals surface area contributed by atoms with Gasteiger partial charge in [0.1, 0.15) is 5.75 Å². The van der Waals surface area contributed by atoms with Crippen molar-refractivity contribution in [3.8, 4) is 5.75 Å². The number of aromatic hydroxyl groups is 1. The molecule has 164 valence electrons. The zero-order valence-electron chi connectivity index (χ0n) is 17.9. The van der Waals surface area contributed by atoms with Gasteiger partial charge < -0.3 is 15.0 Å². The first-order valence-electron chi connectivity index (χ1n) is 10.5. The zero-order chi connectivity index (χ0) is 22.8. The van der Waals surface area contributed by atoms with Crippen LogP contribution in [0.3, 0.4) is 0 Å². The number of halogens is 2. The van der Waals surface area contributed by atoms with Gasteiger partial charge in [0.25, 0.3) is 5.91 Å². The summed E-state index contributed by atoms with van der Waals surface area (Å²) in [4.78, 5) is 13.3. The van der Waals surface area contributed by atoms with E-state index >= 15 is 0 Å². The molecule has 6 heteroatoms. The number of phenolic OH excluding ortho intramolecular Hbond substituents is 1. The average molecular weight is 434 g/mol. The van der Waals surface area contributed by atoms with E-state index in [0.29, 0.717) is 23.1 Å². The van der Waals surface area contributed by atoms with Crippen LogP contribution in [-0.2, 0) is 13.1 Å². The van der Waals surface area contributed by atoms with Crippen LogP contribution in [0.4, 0.5) is 8.78 Å². The van der Waals surface area contributed by atoms with E-state index in [1.165, 1.54) is 6.07 Å². The van der Waals surface area contributed by atoms with Gasteiger partial charge in [-0.3, -0.25) is 4.79 Å². The number of hydrogen-bond donors (Lipinski definition) is 2. The van der Waals surface area contributed by atoms with Gasteiger partial charge in [0.15, 0.2) is 11.6 Å². The summed E-state index contributed by atoms with van der Waals surface area (Å²) in [5.74, 6) is -2.12. The summed E-state index contributed by atoms with van der Waals surface area (Å²) in [6, 6.07) is 18.5. The summed E-state index contributed by atoms with van der Waals surface area (Å²) in [7, 11) is 0. The Bertz CT molecular complexity index is 1280. The largest absolute Gasteiger partial charge is 0.508 e. The van der Waals surface area contributed by atoms with Crippen molar-refractivity contribution in [3.63, 3.8) is 0 Å². The summed E-state index contributed by atoms with van der Waals surface area (Å²) in [5, 5.41) is 13.6. The van der Waals surface area contributed by atoms with E-state index in [1.54, 1.807) is 12.1 Å². The van der Waals surface area contributed by atoms with Crippen LogP contribution in [-0.4, -0.2) is 15.6 Å². The highest BCUT2D eigenvalue weighted by molar-refractivity contribution is 6.09. The van der Waals surface area contributed by atoms with Crippen molar-refractivity contribution in [2.45, 2.75) is 32.9 Å². The molecule has 1 heterocycles. The maximum absolute atomic E-state index is 13.5. The molecule has 0 aliphatic heterocycles. The minimum atomic E-state index is -0.955. The monoisotopic (exact) mass is 434 g/mol. The number of fused-ring (bicyclic) bond motifs is 1. The van der Waals surface area contributed by atoms with Gasteiger partial charge in [-0.05, 0) is 47.4 Å². The van der Waals surface area contributed by atoms with Gasteiger partial charge in [-0.15, -0.1) is 0 Å². The minimum Gasteiger partial charge on any atom is -0.508 e. The summed E-state index contributed by atoms with van der Waals surface area (Å²) in [5.41, 5.74) is 3.71. The second-order valence-electron chi connectivity index (χ2n) is 8.12. The van der Waals surface area contributed by atoms with Crippen molar-refractivity contribution in [2.24, 2.45) is 0 Å². The fraction of sp³-hybridized carbons (Fsp3) is 0.192. The molecule has 0 bridgehead atoms. The van der Waals surface area contributed by atoms with E-state index in [2.05, 4.69) is 9.88 Å². The van der Waals surface area contributed by atoms with Crippen LogP contribution in [0, 0.1) is 11.6 Å². The van der Waals surface area contributed by atoms with Crippen LogP contribution < -0.4 is 5.32 Å². The first-order valence-corrected chi connectivity index (χ1v) is 10.5. The van der Waals surface area contributed by atoms with Gasteiger partial charge in [0, 0.05) is 29.7 Å². The smallest absolute Gasteiger partial charge is 0.254 e. The third-order valence-corrected chi connectivity index (χ3v) is 5.48. The number of amides is 1. The van der Waals surface area contributed by atoms with Crippen LogP contribution in [0.2, 0.25) is 0 Å². The van der Waals surface area contributed by atoms with E-state index in [9.17, 15) is 18.7 Å². The van der Waals surface area contributed by atoms with Crippen molar-refractivity contribution >= 4 is 16.8 Å². The van der Waals surface area contributed by atoms with Crippen LogP contribution in [0.25, 0.3) is 10.9 Å². The van der Waals surface area contributed by atoms with E-state index in [1.807, 2.05) is 50.2 Å². The predicted molar refractivity (Wildman–Crippen MR) is 121 cm³/mol. The fourth-order valence-corrected chi connectivity index (χ4v) is 4.06. The van der Waals surface area contributed by atoms with Gasteiger partial charge in [-0.1, -0.05) is 50.2 Å². The lowest BCUT2D eigenvalue weighted by Gasteiger charge is -2.15. The van der Waals surface area contributed by atoms with Gasteiger partial charge in [-0.25, -0.2) is 8.78 Å². The normalized spacial score (nSPS) is 11.3.